The van der Waals surface area contributed by atoms with Gasteiger partial charge in [0.1, 0.15) is 25.4 Å². The lowest BCUT2D eigenvalue weighted by molar-refractivity contribution is -0.143. The molecule has 10 nitrogen and oxygen atoms in total. The number of amides is 2. The van der Waals surface area contributed by atoms with Gasteiger partial charge in [0.25, 0.3) is 0 Å². The molecule has 0 aromatic heterocycles. The first kappa shape index (κ1) is 25.5. The van der Waals surface area contributed by atoms with E-state index in [2.05, 4.69) is 17.2 Å². The van der Waals surface area contributed by atoms with Gasteiger partial charge < -0.3 is 29.6 Å². The molecule has 2 amide bonds. The molecule has 0 radical (unpaired) electrons. The first-order valence-electron chi connectivity index (χ1n) is 9.59. The Labute approximate surface area is 180 Å². The van der Waals surface area contributed by atoms with E-state index < -0.39 is 36.3 Å². The van der Waals surface area contributed by atoms with Crippen LogP contribution in [0.25, 0.3) is 0 Å². The molecule has 1 rings (SSSR count). The highest BCUT2D eigenvalue weighted by Crippen LogP contribution is 2.06. The van der Waals surface area contributed by atoms with Crippen molar-refractivity contribution in [2.45, 2.75) is 46.1 Å². The molecule has 170 valence electrons. The lowest BCUT2D eigenvalue weighted by Crippen LogP contribution is -2.30. The van der Waals surface area contributed by atoms with Crippen molar-refractivity contribution >= 4 is 24.1 Å². The Balaban J connectivity index is 2.38. The van der Waals surface area contributed by atoms with E-state index in [1.807, 2.05) is 0 Å². The number of benzene rings is 1. The van der Waals surface area contributed by atoms with Gasteiger partial charge >= 0.3 is 24.1 Å². The van der Waals surface area contributed by atoms with Crippen molar-refractivity contribution in [1.82, 2.24) is 10.6 Å². The fourth-order valence-electron chi connectivity index (χ4n) is 2.21. The number of nitrogens with one attached hydrogen (secondary N) is 2. The van der Waals surface area contributed by atoms with Crippen LogP contribution in [0.1, 0.15) is 31.9 Å². The van der Waals surface area contributed by atoms with Crippen LogP contribution in [0.5, 0.6) is 0 Å². The number of alkyl carbamates (subject to hydrolysis) is 2. The second kappa shape index (κ2) is 13.6. The summed E-state index contributed by atoms with van der Waals surface area (Å²) in [6.45, 7) is 8.07. The Kier molecular flexibility index (Phi) is 11.2. The normalized spacial score (nSPS) is 12.0. The predicted molar refractivity (Wildman–Crippen MR) is 110 cm³/mol. The average molecular weight is 436 g/mol. The van der Waals surface area contributed by atoms with Crippen molar-refractivity contribution in [3.05, 3.63) is 48.0 Å². The first-order chi connectivity index (χ1) is 14.7. The minimum absolute atomic E-state index is 0.0185. The largest absolute Gasteiger partial charge is 0.462 e. The Morgan fingerprint density at radius 2 is 1.42 bits per heavy atom. The van der Waals surface area contributed by atoms with E-state index >= 15 is 0 Å². The van der Waals surface area contributed by atoms with Crippen LogP contribution in [0.3, 0.4) is 0 Å². The molecule has 0 saturated carbocycles. The summed E-state index contributed by atoms with van der Waals surface area (Å²) in [4.78, 5) is 45.4. The van der Waals surface area contributed by atoms with Crippen LogP contribution in [-0.2, 0) is 41.6 Å². The minimum Gasteiger partial charge on any atom is -0.462 e. The summed E-state index contributed by atoms with van der Waals surface area (Å²) in [5, 5.41) is 5.20. The van der Waals surface area contributed by atoms with Crippen LogP contribution < -0.4 is 10.6 Å². The minimum atomic E-state index is -0.656. The SMILES string of the molecule is C=CC(=O)OCC(C)OC(=O)NCc1cccc(CNC(=O)OC(C)COC(C)=O)c1. The maximum atomic E-state index is 11.8. The van der Waals surface area contributed by atoms with Gasteiger partial charge in [-0.3, -0.25) is 4.79 Å². The van der Waals surface area contributed by atoms with Crippen LogP contribution in [0, 0.1) is 0 Å². The second-order valence-corrected chi connectivity index (χ2v) is 6.60. The maximum absolute atomic E-state index is 11.8. The molecular weight excluding hydrogens is 408 g/mol. The highest BCUT2D eigenvalue weighted by atomic mass is 16.6. The van der Waals surface area contributed by atoms with Crippen molar-refractivity contribution in [3.8, 4) is 0 Å². The second-order valence-electron chi connectivity index (χ2n) is 6.60. The summed E-state index contributed by atoms with van der Waals surface area (Å²) < 4.78 is 19.7. The van der Waals surface area contributed by atoms with Gasteiger partial charge in [-0.15, -0.1) is 0 Å². The summed E-state index contributed by atoms with van der Waals surface area (Å²) in [6.07, 6.45) is -1.46. The molecule has 0 aliphatic carbocycles. The summed E-state index contributed by atoms with van der Waals surface area (Å²) >= 11 is 0. The summed E-state index contributed by atoms with van der Waals surface area (Å²) in [5.74, 6) is -1.04. The van der Waals surface area contributed by atoms with Crippen LogP contribution >= 0.6 is 0 Å². The van der Waals surface area contributed by atoms with E-state index in [1.165, 1.54) is 6.92 Å². The van der Waals surface area contributed by atoms with Crippen LogP contribution in [-0.4, -0.2) is 49.5 Å². The first-order valence-corrected chi connectivity index (χ1v) is 9.59. The number of hydrogen-bond donors (Lipinski definition) is 2. The molecular formula is C21H28N2O8. The number of ether oxygens (including phenoxy) is 4. The van der Waals surface area contributed by atoms with Crippen LogP contribution in [0.2, 0.25) is 0 Å². The molecule has 0 fully saturated rings. The zero-order valence-electron chi connectivity index (χ0n) is 17.8. The van der Waals surface area contributed by atoms with E-state index in [4.69, 9.17) is 18.9 Å². The van der Waals surface area contributed by atoms with Gasteiger partial charge in [-0.05, 0) is 25.0 Å². The molecule has 0 heterocycles. The topological polar surface area (TPSA) is 129 Å². The molecule has 0 saturated heterocycles. The summed E-state index contributed by atoms with van der Waals surface area (Å²) in [6, 6.07) is 7.20. The number of esters is 2. The number of carbonyl (C=O) groups is 4. The molecule has 1 aromatic rings. The van der Waals surface area contributed by atoms with E-state index in [9.17, 15) is 19.2 Å². The fraction of sp³-hybridized carbons (Fsp3) is 0.429. The third-order valence-corrected chi connectivity index (χ3v) is 3.63. The zero-order chi connectivity index (χ0) is 23.2. The van der Waals surface area contributed by atoms with Crippen molar-refractivity contribution in [2.24, 2.45) is 0 Å². The molecule has 0 spiro atoms. The quantitative estimate of drug-likeness (QED) is 0.307. The molecule has 31 heavy (non-hydrogen) atoms. The van der Waals surface area contributed by atoms with Gasteiger partial charge in [0, 0.05) is 26.1 Å². The Hall–Kier alpha value is -3.56. The third kappa shape index (κ3) is 11.9. The number of rotatable bonds is 11. The zero-order valence-corrected chi connectivity index (χ0v) is 17.8. The molecule has 1 aromatic carbocycles. The smallest absolute Gasteiger partial charge is 0.407 e. The predicted octanol–water partition coefficient (Wildman–Crippen LogP) is 2.21. The van der Waals surface area contributed by atoms with Gasteiger partial charge in [0.2, 0.25) is 0 Å². The average Bonchev–Trinajstić information content (AvgIpc) is 2.73. The number of carbonyl (C=O) groups excluding carboxylic acids is 4. The van der Waals surface area contributed by atoms with Crippen molar-refractivity contribution in [2.75, 3.05) is 13.2 Å². The summed E-state index contributed by atoms with van der Waals surface area (Å²) in [5.41, 5.74) is 1.58. The van der Waals surface area contributed by atoms with Crippen molar-refractivity contribution < 1.29 is 38.1 Å². The molecule has 0 aliphatic heterocycles. The van der Waals surface area contributed by atoms with Crippen molar-refractivity contribution in [3.63, 3.8) is 0 Å². The van der Waals surface area contributed by atoms with E-state index in [0.717, 1.165) is 17.2 Å². The number of hydrogen-bond acceptors (Lipinski definition) is 8. The molecule has 2 atom stereocenters. The fourth-order valence-corrected chi connectivity index (χ4v) is 2.21. The van der Waals surface area contributed by atoms with Gasteiger partial charge in [-0.1, -0.05) is 30.8 Å². The van der Waals surface area contributed by atoms with Gasteiger partial charge in [-0.2, -0.15) is 0 Å². The van der Waals surface area contributed by atoms with Gasteiger partial charge in [0.15, 0.2) is 0 Å². The van der Waals surface area contributed by atoms with Gasteiger partial charge in [0.05, 0.1) is 0 Å². The van der Waals surface area contributed by atoms with E-state index in [-0.39, 0.29) is 26.3 Å². The van der Waals surface area contributed by atoms with E-state index in [0.29, 0.717) is 0 Å². The highest BCUT2D eigenvalue weighted by Gasteiger charge is 2.12. The molecule has 2 N–H and O–H groups in total. The Morgan fingerprint density at radius 3 is 1.87 bits per heavy atom. The van der Waals surface area contributed by atoms with Crippen LogP contribution in [0.15, 0.2) is 36.9 Å². The maximum Gasteiger partial charge on any atom is 0.407 e. The third-order valence-electron chi connectivity index (χ3n) is 3.63. The summed E-state index contributed by atoms with van der Waals surface area (Å²) in [7, 11) is 0. The molecule has 10 heteroatoms. The lowest BCUT2D eigenvalue weighted by atomic mass is 10.1. The lowest BCUT2D eigenvalue weighted by Gasteiger charge is -2.14. The van der Waals surface area contributed by atoms with Gasteiger partial charge in [-0.25, -0.2) is 14.4 Å². The van der Waals surface area contributed by atoms with Crippen LogP contribution in [0.4, 0.5) is 9.59 Å². The van der Waals surface area contributed by atoms with Crippen molar-refractivity contribution in [1.29, 1.82) is 0 Å². The van der Waals surface area contributed by atoms with E-state index in [1.54, 1.807) is 38.1 Å². The molecule has 0 aliphatic rings. The Bertz CT molecular complexity index is 780. The molecule has 2 unspecified atom stereocenters. The monoisotopic (exact) mass is 436 g/mol. The Morgan fingerprint density at radius 1 is 0.935 bits per heavy atom. The molecule has 0 bridgehead atoms. The standard InChI is InChI=1S/C21H28N2O8/c1-5-19(25)29-13-15(3)31-21(27)23-11-18-8-6-7-17(9-18)10-22-20(26)30-14(2)12-28-16(4)24/h5-9,14-15H,1,10-13H2,2-4H3,(H,22,26)(H,23,27). The highest BCUT2D eigenvalue weighted by molar-refractivity contribution is 5.81.